The van der Waals surface area contributed by atoms with E-state index in [2.05, 4.69) is 10.5 Å². The molecule has 0 aliphatic carbocycles. The predicted octanol–water partition coefficient (Wildman–Crippen LogP) is 5.54. The Balaban J connectivity index is 1.38. The van der Waals surface area contributed by atoms with Gasteiger partial charge in [0.15, 0.2) is 0 Å². The third kappa shape index (κ3) is 5.02. The van der Waals surface area contributed by atoms with Gasteiger partial charge in [-0.25, -0.2) is 5.43 Å². The molecular weight excluding hydrogens is 412 g/mol. The smallest absolute Gasteiger partial charge is 0.271 e. The Hall–Kier alpha value is -3.83. The first-order chi connectivity index (χ1) is 15.1. The van der Waals surface area contributed by atoms with E-state index in [4.69, 9.17) is 16.3 Å². The number of phenolic OH excluding ortho intramolecular Hbond substituents is 1. The lowest BCUT2D eigenvalue weighted by Crippen LogP contribution is -2.17. The van der Waals surface area contributed by atoms with E-state index in [1.165, 1.54) is 6.21 Å². The molecule has 0 heterocycles. The molecular formula is C25H19ClN2O3. The highest BCUT2D eigenvalue weighted by Crippen LogP contribution is 2.25. The third-order valence-electron chi connectivity index (χ3n) is 4.74. The molecule has 0 atom stereocenters. The number of ether oxygens (including phenoxy) is 1. The van der Waals surface area contributed by atoms with E-state index in [0.29, 0.717) is 28.5 Å². The summed E-state index contributed by atoms with van der Waals surface area (Å²) in [6.45, 7) is 0.404. The lowest BCUT2D eigenvalue weighted by atomic mass is 10.0. The summed E-state index contributed by atoms with van der Waals surface area (Å²) in [5.74, 6) is 0.384. The monoisotopic (exact) mass is 430 g/mol. The van der Waals surface area contributed by atoms with Crippen LogP contribution >= 0.6 is 11.6 Å². The number of fused-ring (bicyclic) bond motifs is 1. The van der Waals surface area contributed by atoms with Gasteiger partial charge in [-0.3, -0.25) is 4.79 Å². The van der Waals surface area contributed by atoms with Gasteiger partial charge in [-0.2, -0.15) is 5.10 Å². The zero-order valence-corrected chi connectivity index (χ0v) is 17.2. The Bertz CT molecular complexity index is 1240. The summed E-state index contributed by atoms with van der Waals surface area (Å²) in [5, 5.41) is 16.7. The molecule has 0 saturated carbocycles. The van der Waals surface area contributed by atoms with Crippen LogP contribution in [0, 0.1) is 0 Å². The SMILES string of the molecule is O=C(NN=Cc1c(O)ccc2ccccc12)c1ccc(OCc2ccc(Cl)cc2)cc1. The molecule has 4 rings (SSSR count). The fourth-order valence-corrected chi connectivity index (χ4v) is 3.22. The lowest BCUT2D eigenvalue weighted by Gasteiger charge is -2.07. The van der Waals surface area contributed by atoms with Crippen molar-refractivity contribution in [2.75, 3.05) is 0 Å². The number of aromatic hydroxyl groups is 1. The van der Waals surface area contributed by atoms with E-state index >= 15 is 0 Å². The number of carbonyl (C=O) groups excluding carboxylic acids is 1. The number of halogens is 1. The van der Waals surface area contributed by atoms with Gasteiger partial charge in [0.2, 0.25) is 0 Å². The Kier molecular flexibility index (Phi) is 6.15. The molecule has 0 unspecified atom stereocenters. The lowest BCUT2D eigenvalue weighted by molar-refractivity contribution is 0.0955. The topological polar surface area (TPSA) is 70.9 Å². The Labute approximate surface area is 184 Å². The molecule has 0 radical (unpaired) electrons. The van der Waals surface area contributed by atoms with Gasteiger partial charge in [-0.05, 0) is 58.8 Å². The van der Waals surface area contributed by atoms with Gasteiger partial charge in [-0.15, -0.1) is 0 Å². The van der Waals surface area contributed by atoms with Crippen molar-refractivity contribution in [1.82, 2.24) is 5.43 Å². The first-order valence-corrected chi connectivity index (χ1v) is 9.99. The highest BCUT2D eigenvalue weighted by Gasteiger charge is 2.07. The van der Waals surface area contributed by atoms with E-state index in [9.17, 15) is 9.90 Å². The standard InChI is InChI=1S/C25H19ClN2O3/c26-20-10-5-17(6-11-20)16-31-21-12-7-19(8-13-21)25(30)28-27-15-23-22-4-2-1-3-18(22)9-14-24(23)29/h1-15,29H,16H2,(H,28,30). The fourth-order valence-electron chi connectivity index (χ4n) is 3.09. The molecule has 5 nitrogen and oxygen atoms in total. The first-order valence-electron chi connectivity index (χ1n) is 9.61. The minimum Gasteiger partial charge on any atom is -0.507 e. The molecule has 4 aromatic carbocycles. The van der Waals surface area contributed by atoms with Crippen LogP contribution in [0.5, 0.6) is 11.5 Å². The van der Waals surface area contributed by atoms with Crippen LogP contribution in [-0.2, 0) is 6.61 Å². The van der Waals surface area contributed by atoms with Gasteiger partial charge in [0, 0.05) is 16.1 Å². The van der Waals surface area contributed by atoms with Crippen LogP contribution in [0.3, 0.4) is 0 Å². The Morgan fingerprint density at radius 1 is 0.968 bits per heavy atom. The van der Waals surface area contributed by atoms with Crippen molar-refractivity contribution in [2.45, 2.75) is 6.61 Å². The van der Waals surface area contributed by atoms with Crippen molar-refractivity contribution in [1.29, 1.82) is 0 Å². The summed E-state index contributed by atoms with van der Waals surface area (Å²) >= 11 is 5.88. The molecule has 0 aromatic heterocycles. The first kappa shape index (κ1) is 20.4. The van der Waals surface area contributed by atoms with Crippen LogP contribution < -0.4 is 10.2 Å². The van der Waals surface area contributed by atoms with Crippen LogP contribution in [0.25, 0.3) is 10.8 Å². The molecule has 154 valence electrons. The van der Waals surface area contributed by atoms with Crippen LogP contribution in [-0.4, -0.2) is 17.2 Å². The molecule has 0 spiro atoms. The molecule has 0 bridgehead atoms. The van der Waals surface area contributed by atoms with Crippen LogP contribution in [0.1, 0.15) is 21.5 Å². The molecule has 2 N–H and O–H groups in total. The minimum atomic E-state index is -0.361. The molecule has 0 aliphatic rings. The largest absolute Gasteiger partial charge is 0.507 e. The van der Waals surface area contributed by atoms with Crippen LogP contribution in [0.4, 0.5) is 0 Å². The van der Waals surface area contributed by atoms with E-state index < -0.39 is 0 Å². The van der Waals surface area contributed by atoms with Gasteiger partial charge < -0.3 is 9.84 Å². The number of nitrogens with zero attached hydrogens (tertiary/aromatic N) is 1. The number of rotatable bonds is 6. The van der Waals surface area contributed by atoms with Crippen molar-refractivity contribution in [3.8, 4) is 11.5 Å². The summed E-state index contributed by atoms with van der Waals surface area (Å²) < 4.78 is 5.73. The minimum absolute atomic E-state index is 0.0962. The van der Waals surface area contributed by atoms with E-state index in [1.54, 1.807) is 30.3 Å². The highest BCUT2D eigenvalue weighted by atomic mass is 35.5. The maximum atomic E-state index is 12.4. The highest BCUT2D eigenvalue weighted by molar-refractivity contribution is 6.30. The quantitative estimate of drug-likeness (QED) is 0.311. The summed E-state index contributed by atoms with van der Waals surface area (Å²) in [6.07, 6.45) is 1.44. The number of hydrogen-bond donors (Lipinski definition) is 2. The second-order valence-electron chi connectivity index (χ2n) is 6.86. The van der Waals surface area contributed by atoms with Crippen LogP contribution in [0.15, 0.2) is 90.0 Å². The molecule has 6 heteroatoms. The van der Waals surface area contributed by atoms with Gasteiger partial charge in [0.25, 0.3) is 5.91 Å². The average Bonchev–Trinajstić information content (AvgIpc) is 2.80. The van der Waals surface area contributed by atoms with Gasteiger partial charge in [0.1, 0.15) is 18.1 Å². The zero-order valence-electron chi connectivity index (χ0n) is 16.5. The number of hydrazone groups is 1. The van der Waals surface area contributed by atoms with Crippen molar-refractivity contribution < 1.29 is 14.6 Å². The molecule has 31 heavy (non-hydrogen) atoms. The maximum Gasteiger partial charge on any atom is 0.271 e. The predicted molar refractivity (Wildman–Crippen MR) is 123 cm³/mol. The number of carbonyl (C=O) groups is 1. The van der Waals surface area contributed by atoms with Crippen molar-refractivity contribution in [3.05, 3.63) is 107 Å². The Morgan fingerprint density at radius 2 is 1.71 bits per heavy atom. The number of amides is 1. The molecule has 4 aromatic rings. The van der Waals surface area contributed by atoms with E-state index in [1.807, 2.05) is 54.6 Å². The second kappa shape index (κ2) is 9.32. The van der Waals surface area contributed by atoms with Gasteiger partial charge in [0.05, 0.1) is 6.21 Å². The normalized spacial score (nSPS) is 11.0. The van der Waals surface area contributed by atoms with E-state index in [0.717, 1.165) is 16.3 Å². The second-order valence-corrected chi connectivity index (χ2v) is 7.29. The number of hydrogen-bond acceptors (Lipinski definition) is 4. The summed E-state index contributed by atoms with van der Waals surface area (Å²) in [7, 11) is 0. The molecule has 0 aliphatic heterocycles. The van der Waals surface area contributed by atoms with E-state index in [-0.39, 0.29) is 11.7 Å². The zero-order chi connectivity index (χ0) is 21.6. The number of benzene rings is 4. The summed E-state index contributed by atoms with van der Waals surface area (Å²) in [4.78, 5) is 12.4. The number of nitrogens with one attached hydrogen (secondary N) is 1. The van der Waals surface area contributed by atoms with Crippen molar-refractivity contribution in [3.63, 3.8) is 0 Å². The third-order valence-corrected chi connectivity index (χ3v) is 4.99. The van der Waals surface area contributed by atoms with Crippen molar-refractivity contribution in [2.24, 2.45) is 5.10 Å². The van der Waals surface area contributed by atoms with Gasteiger partial charge >= 0.3 is 0 Å². The molecule has 0 saturated heterocycles. The van der Waals surface area contributed by atoms with Gasteiger partial charge in [-0.1, -0.05) is 54.1 Å². The fraction of sp³-hybridized carbons (Fsp3) is 0.0400. The Morgan fingerprint density at radius 3 is 2.48 bits per heavy atom. The summed E-state index contributed by atoms with van der Waals surface area (Å²) in [5.41, 5.74) is 4.47. The molecule has 1 amide bonds. The average molecular weight is 431 g/mol. The molecule has 0 fully saturated rings. The number of phenols is 1. The summed E-state index contributed by atoms with van der Waals surface area (Å²) in [6, 6.07) is 25.3. The maximum absolute atomic E-state index is 12.4. The van der Waals surface area contributed by atoms with Crippen molar-refractivity contribution >= 4 is 34.5 Å². The van der Waals surface area contributed by atoms with Crippen LogP contribution in [0.2, 0.25) is 5.02 Å².